The number of aromatic nitrogens is 4. The van der Waals surface area contributed by atoms with Crippen LogP contribution in [0, 0.1) is 0 Å². The molecule has 30 heavy (non-hydrogen) atoms. The Morgan fingerprint density at radius 1 is 1.07 bits per heavy atom. The van der Waals surface area contributed by atoms with Crippen LogP contribution < -0.4 is 5.32 Å². The Bertz CT molecular complexity index is 1090. The number of amides is 1. The molecule has 2 aromatic heterocycles. The maximum absolute atomic E-state index is 12.4. The molecule has 0 aliphatic heterocycles. The van der Waals surface area contributed by atoms with Crippen LogP contribution in [0.2, 0.25) is 0 Å². The van der Waals surface area contributed by atoms with E-state index in [0.717, 1.165) is 39.2 Å². The normalized spacial score (nSPS) is 11.1. The van der Waals surface area contributed by atoms with Gasteiger partial charge in [-0.2, -0.15) is 0 Å². The van der Waals surface area contributed by atoms with Gasteiger partial charge in [0.15, 0.2) is 10.3 Å². The van der Waals surface area contributed by atoms with E-state index in [1.807, 2.05) is 42.1 Å². The van der Waals surface area contributed by atoms with Crippen molar-refractivity contribution in [2.45, 2.75) is 30.1 Å². The van der Waals surface area contributed by atoms with Gasteiger partial charge in [-0.3, -0.25) is 4.79 Å². The van der Waals surface area contributed by atoms with Crippen molar-refractivity contribution in [3.63, 3.8) is 0 Å². The zero-order valence-electron chi connectivity index (χ0n) is 16.4. The maximum Gasteiger partial charge on any atom is 0.236 e. The molecule has 0 unspecified atom stereocenters. The van der Waals surface area contributed by atoms with Crippen LogP contribution in [0.5, 0.6) is 0 Å². The molecule has 0 bridgehead atoms. The van der Waals surface area contributed by atoms with E-state index in [0.29, 0.717) is 5.13 Å². The van der Waals surface area contributed by atoms with Crippen molar-refractivity contribution in [1.29, 1.82) is 0 Å². The second kappa shape index (κ2) is 10.1. The zero-order chi connectivity index (χ0) is 20.8. The standard InChI is InChI=1S/C21H21N5OS3/c1-2-26-18(13-28-12-15-8-4-3-5-9-15)24-25-21(26)29-14-19(27)23-20-22-16-10-6-7-11-17(16)30-20/h3-11H,2,12-14H2,1H3,(H,22,23,27). The lowest BCUT2D eigenvalue weighted by Gasteiger charge is -2.07. The van der Waals surface area contributed by atoms with E-state index in [-0.39, 0.29) is 11.7 Å². The van der Waals surface area contributed by atoms with Crippen LogP contribution in [0.25, 0.3) is 10.2 Å². The van der Waals surface area contributed by atoms with Crippen LogP contribution in [0.3, 0.4) is 0 Å². The highest BCUT2D eigenvalue weighted by Gasteiger charge is 2.14. The Morgan fingerprint density at radius 2 is 1.87 bits per heavy atom. The quantitative estimate of drug-likeness (QED) is 0.355. The smallest absolute Gasteiger partial charge is 0.236 e. The molecule has 0 spiro atoms. The minimum atomic E-state index is -0.0929. The fourth-order valence-corrected chi connectivity index (χ4v) is 5.53. The van der Waals surface area contributed by atoms with Gasteiger partial charge < -0.3 is 9.88 Å². The molecule has 0 atom stereocenters. The fraction of sp³-hybridized carbons (Fsp3) is 0.238. The summed E-state index contributed by atoms with van der Waals surface area (Å²) in [6, 6.07) is 18.2. The third kappa shape index (κ3) is 5.21. The molecule has 0 saturated carbocycles. The van der Waals surface area contributed by atoms with Crippen LogP contribution >= 0.6 is 34.9 Å². The first-order chi connectivity index (χ1) is 14.7. The number of rotatable bonds is 9. The van der Waals surface area contributed by atoms with E-state index in [9.17, 15) is 4.79 Å². The van der Waals surface area contributed by atoms with Crippen LogP contribution in [-0.2, 0) is 22.8 Å². The predicted octanol–water partition coefficient (Wildman–Crippen LogP) is 5.07. The number of benzene rings is 2. The van der Waals surface area contributed by atoms with Crippen molar-refractivity contribution in [2.24, 2.45) is 0 Å². The Morgan fingerprint density at radius 3 is 2.67 bits per heavy atom. The van der Waals surface area contributed by atoms with Crippen molar-refractivity contribution in [2.75, 3.05) is 11.1 Å². The first kappa shape index (κ1) is 20.9. The molecule has 0 fully saturated rings. The number of hydrogen-bond donors (Lipinski definition) is 1. The summed E-state index contributed by atoms with van der Waals surface area (Å²) in [7, 11) is 0. The lowest BCUT2D eigenvalue weighted by atomic mass is 10.2. The third-order valence-corrected chi connectivity index (χ3v) is 7.24. The number of nitrogens with zero attached hydrogens (tertiary/aromatic N) is 4. The summed E-state index contributed by atoms with van der Waals surface area (Å²) < 4.78 is 3.14. The number of carbonyl (C=O) groups is 1. The summed E-state index contributed by atoms with van der Waals surface area (Å²) in [6.45, 7) is 2.84. The molecule has 6 nitrogen and oxygen atoms in total. The fourth-order valence-electron chi connectivity index (χ4n) is 2.90. The highest BCUT2D eigenvalue weighted by molar-refractivity contribution is 7.99. The number of fused-ring (bicyclic) bond motifs is 1. The Hall–Kier alpha value is -2.36. The van der Waals surface area contributed by atoms with Gasteiger partial charge in [0.05, 0.1) is 21.7 Å². The summed E-state index contributed by atoms with van der Waals surface area (Å²) in [4.78, 5) is 16.8. The molecule has 4 aromatic rings. The molecule has 0 radical (unpaired) electrons. The molecular formula is C21H21N5OS3. The number of thioether (sulfide) groups is 2. The minimum absolute atomic E-state index is 0.0929. The second-order valence-corrected chi connectivity index (χ2v) is 9.40. The van der Waals surface area contributed by atoms with Gasteiger partial charge in [0.2, 0.25) is 5.91 Å². The van der Waals surface area contributed by atoms with Gasteiger partial charge in [0, 0.05) is 12.3 Å². The van der Waals surface area contributed by atoms with Crippen LogP contribution in [0.4, 0.5) is 5.13 Å². The molecule has 0 saturated heterocycles. The highest BCUT2D eigenvalue weighted by Crippen LogP contribution is 2.26. The Kier molecular flexibility index (Phi) is 7.03. The van der Waals surface area contributed by atoms with Crippen molar-refractivity contribution in [1.82, 2.24) is 19.7 Å². The molecule has 2 heterocycles. The van der Waals surface area contributed by atoms with Gasteiger partial charge >= 0.3 is 0 Å². The largest absolute Gasteiger partial charge is 0.306 e. The second-order valence-electron chi connectivity index (χ2n) is 6.45. The summed E-state index contributed by atoms with van der Waals surface area (Å²) >= 11 is 4.69. The molecule has 1 N–H and O–H groups in total. The first-order valence-electron chi connectivity index (χ1n) is 9.55. The minimum Gasteiger partial charge on any atom is -0.306 e. The van der Waals surface area contributed by atoms with E-state index in [4.69, 9.17) is 0 Å². The number of nitrogens with one attached hydrogen (secondary N) is 1. The predicted molar refractivity (Wildman–Crippen MR) is 126 cm³/mol. The van der Waals surface area contributed by atoms with Gasteiger partial charge in [-0.1, -0.05) is 65.6 Å². The maximum atomic E-state index is 12.4. The van der Waals surface area contributed by atoms with E-state index >= 15 is 0 Å². The summed E-state index contributed by atoms with van der Waals surface area (Å²) in [5.74, 6) is 2.83. The van der Waals surface area contributed by atoms with Crippen LogP contribution in [-0.4, -0.2) is 31.4 Å². The Balaban J connectivity index is 1.31. The molecule has 9 heteroatoms. The van der Waals surface area contributed by atoms with Gasteiger partial charge in [-0.15, -0.1) is 22.0 Å². The lowest BCUT2D eigenvalue weighted by molar-refractivity contribution is -0.113. The lowest BCUT2D eigenvalue weighted by Crippen LogP contribution is -2.14. The molecule has 154 valence electrons. The topological polar surface area (TPSA) is 72.7 Å². The number of hydrogen-bond acceptors (Lipinski definition) is 7. The van der Waals surface area contributed by atoms with Crippen molar-refractivity contribution in [3.8, 4) is 0 Å². The van der Waals surface area contributed by atoms with E-state index in [2.05, 4.69) is 56.3 Å². The van der Waals surface area contributed by atoms with Crippen LogP contribution in [0.1, 0.15) is 18.3 Å². The van der Waals surface area contributed by atoms with Crippen LogP contribution in [0.15, 0.2) is 59.8 Å². The first-order valence-corrected chi connectivity index (χ1v) is 12.5. The van der Waals surface area contributed by atoms with Gasteiger partial charge in [0.25, 0.3) is 0 Å². The number of carbonyl (C=O) groups excluding carboxylic acids is 1. The summed E-state index contributed by atoms with van der Waals surface area (Å²) in [5.41, 5.74) is 2.19. The van der Waals surface area contributed by atoms with E-state index in [1.54, 1.807) is 0 Å². The molecule has 4 rings (SSSR count). The highest BCUT2D eigenvalue weighted by atomic mass is 32.2. The monoisotopic (exact) mass is 455 g/mol. The molecule has 2 aromatic carbocycles. The van der Waals surface area contributed by atoms with Gasteiger partial charge in [0.1, 0.15) is 5.82 Å². The summed E-state index contributed by atoms with van der Waals surface area (Å²) in [6.07, 6.45) is 0. The average Bonchev–Trinajstić information content (AvgIpc) is 3.35. The van der Waals surface area contributed by atoms with Crippen molar-refractivity contribution in [3.05, 3.63) is 66.0 Å². The SMILES string of the molecule is CCn1c(CSCc2ccccc2)nnc1SCC(=O)Nc1nc2ccccc2s1. The number of thiazole rings is 1. The van der Waals surface area contributed by atoms with Crippen molar-refractivity contribution < 1.29 is 4.79 Å². The molecular weight excluding hydrogens is 434 g/mol. The zero-order valence-corrected chi connectivity index (χ0v) is 18.9. The average molecular weight is 456 g/mol. The number of anilines is 1. The summed E-state index contributed by atoms with van der Waals surface area (Å²) in [5, 5.41) is 12.9. The Labute approximate surface area is 187 Å². The van der Waals surface area contributed by atoms with E-state index < -0.39 is 0 Å². The van der Waals surface area contributed by atoms with Gasteiger partial charge in [-0.25, -0.2) is 4.98 Å². The van der Waals surface area contributed by atoms with Gasteiger partial charge in [-0.05, 0) is 24.6 Å². The molecule has 1 amide bonds. The van der Waals surface area contributed by atoms with E-state index in [1.165, 1.54) is 28.7 Å². The molecule has 0 aliphatic rings. The van der Waals surface area contributed by atoms with Crippen molar-refractivity contribution >= 4 is 56.1 Å². The molecule has 0 aliphatic carbocycles. The third-order valence-electron chi connectivity index (χ3n) is 4.32. The number of para-hydroxylation sites is 1.